The molecule has 0 aromatic carbocycles. The molecule has 8 heavy (non-hydrogen) atoms. The van der Waals surface area contributed by atoms with Gasteiger partial charge in [0.1, 0.15) is 6.34 Å². The molecule has 0 amide bonds. The molecule has 5 nitrogen and oxygen atoms in total. The summed E-state index contributed by atoms with van der Waals surface area (Å²) in [6, 6.07) is 0. The average Bonchev–Trinajstić information content (AvgIpc) is 2.12. The Hall–Kier alpha value is -1.26. The Labute approximate surface area is 44.8 Å². The van der Waals surface area contributed by atoms with E-state index >= 15 is 0 Å². The number of azo groups is 1. The fraction of sp³-hybridized carbons (Fsp3) is 0.333. The second kappa shape index (κ2) is 1.69. The van der Waals surface area contributed by atoms with Crippen LogP contribution in [0.3, 0.4) is 0 Å². The van der Waals surface area contributed by atoms with Gasteiger partial charge in [-0.15, -0.1) is 10.2 Å². The van der Waals surface area contributed by atoms with Crippen molar-refractivity contribution in [2.75, 3.05) is 0 Å². The molecular weight excluding hydrogens is 110 g/mol. The van der Waals surface area contributed by atoms with Gasteiger partial charge in [-0.05, 0) is 0 Å². The third kappa shape index (κ3) is 0.699. The molecule has 0 aromatic heterocycles. The molecule has 0 bridgehead atoms. The first kappa shape index (κ1) is 4.89. The van der Waals surface area contributed by atoms with Gasteiger partial charge in [0.25, 0.3) is 6.17 Å². The number of carbonyl (C=O) groups is 1. The van der Waals surface area contributed by atoms with Gasteiger partial charge in [-0.25, -0.2) is 9.79 Å². The van der Waals surface area contributed by atoms with Crippen molar-refractivity contribution in [3.8, 4) is 0 Å². The summed E-state index contributed by atoms with van der Waals surface area (Å²) >= 11 is 0. The van der Waals surface area contributed by atoms with Gasteiger partial charge in [0.2, 0.25) is 0 Å². The summed E-state index contributed by atoms with van der Waals surface area (Å²) in [5, 5.41) is 14.6. The molecule has 5 heteroatoms. The lowest BCUT2D eigenvalue weighted by Crippen LogP contribution is -2.11. The lowest BCUT2D eigenvalue weighted by molar-refractivity contribution is -0.138. The average molecular weight is 113 g/mol. The molecule has 0 aromatic rings. The fourth-order valence-electron chi connectivity index (χ4n) is 0.329. The highest BCUT2D eigenvalue weighted by molar-refractivity contribution is 5.76. The van der Waals surface area contributed by atoms with Crippen molar-refractivity contribution in [2.24, 2.45) is 15.2 Å². The Morgan fingerprint density at radius 3 is 2.75 bits per heavy atom. The van der Waals surface area contributed by atoms with Crippen molar-refractivity contribution in [1.82, 2.24) is 0 Å². The maximum absolute atomic E-state index is 9.93. The molecule has 0 spiro atoms. The Kier molecular flexibility index (Phi) is 1.03. The summed E-state index contributed by atoms with van der Waals surface area (Å²) < 4.78 is 0. The summed E-state index contributed by atoms with van der Waals surface area (Å²) in [5.74, 6) is -1.07. The highest BCUT2D eigenvalue weighted by atomic mass is 16.4. The summed E-state index contributed by atoms with van der Waals surface area (Å²) in [6.45, 7) is 0. The molecule has 42 valence electrons. The zero-order valence-corrected chi connectivity index (χ0v) is 3.85. The Morgan fingerprint density at radius 1 is 1.75 bits per heavy atom. The Balaban J connectivity index is 2.62. The number of aliphatic imine (C=N–C) groups is 1. The van der Waals surface area contributed by atoms with Crippen LogP contribution in [0.1, 0.15) is 0 Å². The Bertz CT molecular complexity index is 150. The van der Waals surface area contributed by atoms with Crippen LogP contribution in [0.4, 0.5) is 0 Å². The van der Waals surface area contributed by atoms with Gasteiger partial charge in [-0.2, -0.15) is 0 Å². The Morgan fingerprint density at radius 2 is 2.50 bits per heavy atom. The molecule has 1 unspecified atom stereocenters. The van der Waals surface area contributed by atoms with E-state index in [0.29, 0.717) is 0 Å². The molecular formula is C3H3N3O2. The molecule has 1 atom stereocenters. The normalized spacial score (nSPS) is 24.2. The van der Waals surface area contributed by atoms with Crippen molar-refractivity contribution < 1.29 is 9.90 Å². The van der Waals surface area contributed by atoms with Crippen LogP contribution >= 0.6 is 0 Å². The van der Waals surface area contributed by atoms with Crippen LogP contribution in [-0.2, 0) is 4.79 Å². The molecule has 1 aliphatic rings. The predicted octanol–water partition coefficient (Wildman–Crippen LogP) is -0.109. The molecule has 0 radical (unpaired) electrons. The van der Waals surface area contributed by atoms with E-state index in [9.17, 15) is 4.79 Å². The number of carboxylic acids is 1. The van der Waals surface area contributed by atoms with Gasteiger partial charge in [0, 0.05) is 0 Å². The maximum Gasteiger partial charge on any atom is 0.353 e. The summed E-state index contributed by atoms with van der Waals surface area (Å²) in [6.07, 6.45) is 0.133. The minimum absolute atomic E-state index is 0.991. The van der Waals surface area contributed by atoms with Crippen molar-refractivity contribution >= 4 is 12.3 Å². The molecule has 0 saturated heterocycles. The first-order chi connectivity index (χ1) is 3.80. The predicted molar refractivity (Wildman–Crippen MR) is 24.8 cm³/mol. The zero-order valence-electron chi connectivity index (χ0n) is 3.85. The number of hydrogen-bond donors (Lipinski definition) is 1. The third-order valence-electron chi connectivity index (χ3n) is 0.656. The largest absolute Gasteiger partial charge is 0.478 e. The molecule has 1 heterocycles. The second-order valence-electron chi connectivity index (χ2n) is 1.21. The van der Waals surface area contributed by atoms with Crippen LogP contribution < -0.4 is 0 Å². The molecule has 1 N–H and O–H groups in total. The summed E-state index contributed by atoms with van der Waals surface area (Å²) in [4.78, 5) is 13.3. The molecule has 1 aliphatic heterocycles. The third-order valence-corrected chi connectivity index (χ3v) is 0.656. The summed E-state index contributed by atoms with van der Waals surface area (Å²) in [5.41, 5.74) is 0. The quantitative estimate of drug-likeness (QED) is 0.515. The van der Waals surface area contributed by atoms with Crippen LogP contribution in [-0.4, -0.2) is 23.6 Å². The van der Waals surface area contributed by atoms with Gasteiger partial charge in [-0.1, -0.05) is 0 Å². The number of nitrogens with zero attached hydrogens (tertiary/aromatic N) is 3. The van der Waals surface area contributed by atoms with Gasteiger partial charge in [0.15, 0.2) is 0 Å². The van der Waals surface area contributed by atoms with Crippen molar-refractivity contribution in [3.05, 3.63) is 0 Å². The van der Waals surface area contributed by atoms with E-state index < -0.39 is 12.1 Å². The molecule has 0 fully saturated rings. The first-order valence-corrected chi connectivity index (χ1v) is 1.95. The van der Waals surface area contributed by atoms with E-state index in [1.807, 2.05) is 0 Å². The van der Waals surface area contributed by atoms with Crippen LogP contribution in [0.2, 0.25) is 0 Å². The number of rotatable bonds is 1. The van der Waals surface area contributed by atoms with E-state index in [1.165, 1.54) is 0 Å². The van der Waals surface area contributed by atoms with Crippen molar-refractivity contribution in [3.63, 3.8) is 0 Å². The number of aliphatic carboxylic acids is 1. The van der Waals surface area contributed by atoms with Crippen molar-refractivity contribution in [2.45, 2.75) is 6.17 Å². The van der Waals surface area contributed by atoms with E-state index in [1.54, 1.807) is 0 Å². The van der Waals surface area contributed by atoms with E-state index in [2.05, 4.69) is 15.2 Å². The van der Waals surface area contributed by atoms with Crippen LogP contribution in [0, 0.1) is 0 Å². The van der Waals surface area contributed by atoms with E-state index in [0.717, 1.165) is 6.34 Å². The minimum atomic E-state index is -1.07. The van der Waals surface area contributed by atoms with Crippen LogP contribution in [0.25, 0.3) is 0 Å². The van der Waals surface area contributed by atoms with Gasteiger partial charge < -0.3 is 5.11 Å². The van der Waals surface area contributed by atoms with E-state index in [4.69, 9.17) is 5.11 Å². The SMILES string of the molecule is O=C(O)C1N=CN=N1. The standard InChI is InChI=1S/C3H3N3O2/c7-3(8)2-4-1-5-6-2/h1-2H,(H,7,8). The van der Waals surface area contributed by atoms with Crippen molar-refractivity contribution in [1.29, 1.82) is 0 Å². The second-order valence-corrected chi connectivity index (χ2v) is 1.21. The lowest BCUT2D eigenvalue weighted by Gasteiger charge is -1.88. The lowest BCUT2D eigenvalue weighted by atomic mass is 10.6. The molecule has 0 aliphatic carbocycles. The van der Waals surface area contributed by atoms with E-state index in [-0.39, 0.29) is 0 Å². The molecule has 1 rings (SSSR count). The highest BCUT2D eigenvalue weighted by Crippen LogP contribution is 1.98. The van der Waals surface area contributed by atoms with Crippen LogP contribution in [0.15, 0.2) is 15.2 Å². The zero-order chi connectivity index (χ0) is 5.98. The smallest absolute Gasteiger partial charge is 0.353 e. The summed E-state index contributed by atoms with van der Waals surface area (Å²) in [7, 11) is 0. The van der Waals surface area contributed by atoms with Gasteiger partial charge in [0.05, 0.1) is 0 Å². The first-order valence-electron chi connectivity index (χ1n) is 1.95. The van der Waals surface area contributed by atoms with Gasteiger partial charge >= 0.3 is 5.97 Å². The van der Waals surface area contributed by atoms with Crippen LogP contribution in [0.5, 0.6) is 0 Å². The number of hydrogen-bond acceptors (Lipinski definition) is 4. The maximum atomic E-state index is 9.93. The van der Waals surface area contributed by atoms with Gasteiger partial charge in [-0.3, -0.25) is 0 Å². The molecule has 0 saturated carbocycles. The minimum Gasteiger partial charge on any atom is -0.478 e. The highest BCUT2D eigenvalue weighted by Gasteiger charge is 2.15. The fourth-order valence-corrected chi connectivity index (χ4v) is 0.329. The number of carboxylic acid groups (broad SMARTS) is 1. The monoisotopic (exact) mass is 113 g/mol. The topological polar surface area (TPSA) is 74.4 Å².